The molecule has 5 atom stereocenters. The molecule has 0 bridgehead atoms. The van der Waals surface area contributed by atoms with Crippen LogP contribution in [0.15, 0.2) is 35.1 Å². The van der Waals surface area contributed by atoms with Crippen LogP contribution in [0.25, 0.3) is 5.76 Å². The molecular formula is C27H33N3O8. The molecule has 1 saturated heterocycles. The van der Waals surface area contributed by atoms with Gasteiger partial charge in [0, 0.05) is 17.4 Å². The Morgan fingerprint density at radius 3 is 2.42 bits per heavy atom. The maximum Gasteiger partial charge on any atom is 0.259 e. The summed E-state index contributed by atoms with van der Waals surface area (Å²) in [5.74, 6) is -7.17. The van der Waals surface area contributed by atoms with E-state index in [1.54, 1.807) is 14.1 Å². The molecule has 0 spiro atoms. The first-order valence-electron chi connectivity index (χ1n) is 12.7. The third-order valence-corrected chi connectivity index (χ3v) is 8.66. The van der Waals surface area contributed by atoms with E-state index in [0.29, 0.717) is 0 Å². The Bertz CT molecular complexity index is 1290. The van der Waals surface area contributed by atoms with Gasteiger partial charge in [-0.2, -0.15) is 0 Å². The molecule has 5 rings (SSSR count). The molecule has 1 aromatic rings. The van der Waals surface area contributed by atoms with Crippen LogP contribution in [-0.2, 0) is 20.0 Å². The van der Waals surface area contributed by atoms with Crippen molar-refractivity contribution in [3.05, 3.63) is 46.2 Å². The van der Waals surface area contributed by atoms with Crippen LogP contribution in [0.1, 0.15) is 37.3 Å². The van der Waals surface area contributed by atoms with E-state index in [0.717, 1.165) is 25.9 Å². The van der Waals surface area contributed by atoms with E-state index in [-0.39, 0.29) is 35.5 Å². The summed E-state index contributed by atoms with van der Waals surface area (Å²) in [7, 11) is 3.12. The summed E-state index contributed by atoms with van der Waals surface area (Å²) >= 11 is 0. The summed E-state index contributed by atoms with van der Waals surface area (Å²) < 4.78 is 0. The molecule has 11 heteroatoms. The van der Waals surface area contributed by atoms with Gasteiger partial charge in [-0.1, -0.05) is 12.1 Å². The number of rotatable bonds is 4. The smallest absolute Gasteiger partial charge is 0.259 e. The fourth-order valence-electron chi connectivity index (χ4n) is 6.70. The lowest BCUT2D eigenvalue weighted by atomic mass is 9.54. The zero-order valence-corrected chi connectivity index (χ0v) is 21.6. The molecule has 3 aliphatic carbocycles. The number of ketones is 2. The van der Waals surface area contributed by atoms with Crippen LogP contribution in [-0.4, -0.2) is 98.3 Å². The minimum absolute atomic E-state index is 0.137. The lowest BCUT2D eigenvalue weighted by Gasteiger charge is -2.53. The summed E-state index contributed by atoms with van der Waals surface area (Å²) in [6, 6.07) is 3.12. The number of carbonyl (C=O) groups excluding carboxylic acids is 3. The number of likely N-dealkylation sites (N-methyl/N-ethyl adjacent to an activating group) is 1. The summed E-state index contributed by atoms with van der Waals surface area (Å²) in [5.41, 5.74) is -5.54. The Labute approximate surface area is 219 Å². The van der Waals surface area contributed by atoms with E-state index in [4.69, 9.17) is 0 Å². The highest BCUT2D eigenvalue weighted by Gasteiger charge is 2.66. The minimum atomic E-state index is -2.72. The monoisotopic (exact) mass is 527 g/mol. The van der Waals surface area contributed by atoms with Gasteiger partial charge in [0.1, 0.15) is 22.8 Å². The van der Waals surface area contributed by atoms with Gasteiger partial charge in [0.25, 0.3) is 5.91 Å². The molecule has 1 amide bonds. The molecule has 204 valence electrons. The number of Topliss-reactive ketones (excluding diaryl/α,β-unsaturated/α-hetero) is 2. The third-order valence-electron chi connectivity index (χ3n) is 8.66. The molecule has 1 aromatic carbocycles. The number of hydrogen-bond donors (Lipinski definition) is 6. The van der Waals surface area contributed by atoms with Gasteiger partial charge in [-0.05, 0) is 65.0 Å². The second-order valence-corrected chi connectivity index (χ2v) is 11.1. The van der Waals surface area contributed by atoms with Crippen LogP contribution < -0.4 is 5.32 Å². The highest BCUT2D eigenvalue weighted by molar-refractivity contribution is 6.25. The fourth-order valence-corrected chi connectivity index (χ4v) is 6.70. The predicted octanol–water partition coefficient (Wildman–Crippen LogP) is 0.313. The van der Waals surface area contributed by atoms with Crippen molar-refractivity contribution >= 4 is 23.2 Å². The van der Waals surface area contributed by atoms with Gasteiger partial charge in [0.15, 0.2) is 11.4 Å². The zero-order valence-electron chi connectivity index (χ0n) is 21.6. The van der Waals surface area contributed by atoms with Crippen LogP contribution in [0.3, 0.4) is 0 Å². The van der Waals surface area contributed by atoms with Crippen molar-refractivity contribution in [2.45, 2.75) is 43.4 Å². The zero-order chi connectivity index (χ0) is 27.7. The van der Waals surface area contributed by atoms with E-state index in [9.17, 15) is 39.9 Å². The predicted molar refractivity (Wildman–Crippen MR) is 135 cm³/mol. The maximum atomic E-state index is 14.0. The molecule has 1 heterocycles. The molecule has 38 heavy (non-hydrogen) atoms. The highest BCUT2D eigenvalue weighted by atomic mass is 16.3. The molecule has 0 aromatic heterocycles. The number of carbonyl (C=O) groups is 3. The lowest BCUT2D eigenvalue weighted by molar-refractivity contribution is -0.159. The van der Waals surface area contributed by atoms with Crippen molar-refractivity contribution in [3.8, 4) is 5.75 Å². The van der Waals surface area contributed by atoms with Crippen LogP contribution in [0.2, 0.25) is 0 Å². The van der Waals surface area contributed by atoms with E-state index >= 15 is 0 Å². The second kappa shape index (κ2) is 8.91. The Hall–Kier alpha value is -3.25. The Morgan fingerprint density at radius 1 is 1.13 bits per heavy atom. The van der Waals surface area contributed by atoms with Gasteiger partial charge >= 0.3 is 0 Å². The highest BCUT2D eigenvalue weighted by Crippen LogP contribution is 2.57. The van der Waals surface area contributed by atoms with Gasteiger partial charge < -0.3 is 30.8 Å². The molecule has 1 unspecified atom stereocenters. The van der Waals surface area contributed by atoms with Crippen LogP contribution in [0, 0.1) is 11.8 Å². The third kappa shape index (κ3) is 3.53. The van der Waals surface area contributed by atoms with Crippen molar-refractivity contribution in [1.82, 2.24) is 15.1 Å². The maximum absolute atomic E-state index is 14.0. The van der Waals surface area contributed by atoms with Gasteiger partial charge in [-0.25, -0.2) is 0 Å². The van der Waals surface area contributed by atoms with E-state index in [1.807, 2.05) is 4.90 Å². The number of aliphatic hydroxyl groups is 4. The molecule has 2 fully saturated rings. The number of likely N-dealkylation sites (tertiary alicyclic amines) is 1. The lowest BCUT2D eigenvalue weighted by Crippen LogP contribution is -2.67. The molecule has 1 saturated carbocycles. The summed E-state index contributed by atoms with van der Waals surface area (Å²) in [5, 5.41) is 59.0. The fraction of sp³-hybridized carbons (Fsp3) is 0.519. The molecule has 6 N–H and O–H groups in total. The van der Waals surface area contributed by atoms with Crippen molar-refractivity contribution in [2.24, 2.45) is 11.8 Å². The molecule has 0 radical (unpaired) electrons. The van der Waals surface area contributed by atoms with Crippen LogP contribution in [0.4, 0.5) is 0 Å². The van der Waals surface area contributed by atoms with Crippen molar-refractivity contribution in [2.75, 3.05) is 33.9 Å². The van der Waals surface area contributed by atoms with Gasteiger partial charge in [-0.15, -0.1) is 0 Å². The van der Waals surface area contributed by atoms with Gasteiger partial charge in [-0.3, -0.25) is 24.2 Å². The number of fused-ring (bicyclic) bond motifs is 3. The number of nitrogens with zero attached hydrogens (tertiary/aromatic N) is 2. The Morgan fingerprint density at radius 2 is 1.79 bits per heavy atom. The van der Waals surface area contributed by atoms with Crippen LogP contribution in [0.5, 0.6) is 5.75 Å². The van der Waals surface area contributed by atoms with Crippen LogP contribution >= 0.6 is 0 Å². The summed E-state index contributed by atoms with van der Waals surface area (Å²) in [6.07, 6.45) is 1.78. The topological polar surface area (TPSA) is 171 Å². The SMILES string of the molecule is CN(C)[C@H]1C(=O)C(C(=O)NCN2CCCC2)=C(O)[C@@]2(O)C(=O)C3=C(O)c4c(O)cccc4[C@](C)(O)C3C[C@H]12. The van der Waals surface area contributed by atoms with Gasteiger partial charge in [0.2, 0.25) is 5.78 Å². The first kappa shape index (κ1) is 26.4. The van der Waals surface area contributed by atoms with Crippen molar-refractivity contribution in [3.63, 3.8) is 0 Å². The molecular weight excluding hydrogens is 494 g/mol. The largest absolute Gasteiger partial charge is 0.508 e. The Kier molecular flexibility index (Phi) is 6.18. The molecule has 11 nitrogen and oxygen atoms in total. The number of aliphatic hydroxyl groups excluding tert-OH is 2. The number of amides is 1. The number of phenols is 1. The first-order valence-corrected chi connectivity index (χ1v) is 12.7. The second-order valence-electron chi connectivity index (χ2n) is 11.1. The quantitative estimate of drug-likeness (QED) is 0.300. The normalized spacial score (nSPS) is 33.4. The average Bonchev–Trinajstić information content (AvgIpc) is 3.37. The number of aromatic hydroxyl groups is 1. The summed E-state index contributed by atoms with van der Waals surface area (Å²) in [6.45, 7) is 3.11. The number of benzene rings is 1. The van der Waals surface area contributed by atoms with E-state index in [1.165, 1.54) is 30.0 Å². The number of phenolic OH excluding ortho intramolecular Hbond substituents is 1. The van der Waals surface area contributed by atoms with E-state index in [2.05, 4.69) is 5.32 Å². The number of nitrogens with one attached hydrogen (secondary N) is 1. The number of hydrogen-bond acceptors (Lipinski definition) is 10. The van der Waals surface area contributed by atoms with Crippen molar-refractivity contribution in [1.29, 1.82) is 0 Å². The van der Waals surface area contributed by atoms with Gasteiger partial charge in [0.05, 0.1) is 23.9 Å². The molecule has 1 aliphatic heterocycles. The average molecular weight is 528 g/mol. The standard InChI is InChI=1S/C27H33N3O8/c1-26(37)13-7-6-8-16(31)17(13)21(32)18-14(26)11-15-20(29(2)3)22(33)19(24(35)27(15,38)23(18)34)25(36)28-12-30-9-4-5-10-30/h6-8,14-15,20,31-32,35,37-38H,4-5,9-12H2,1-3H3,(H,28,36)/t14?,15-,20-,26+,27+/m1/s1. The van der Waals surface area contributed by atoms with E-state index < -0.39 is 63.6 Å². The first-order chi connectivity index (χ1) is 17.8. The summed E-state index contributed by atoms with van der Waals surface area (Å²) in [4.78, 5) is 44.3. The molecule has 4 aliphatic rings. The Balaban J connectivity index is 1.65. The van der Waals surface area contributed by atoms with Crippen molar-refractivity contribution < 1.29 is 39.9 Å². The minimum Gasteiger partial charge on any atom is -0.508 e.